The molecule has 3 aromatic heterocycles. The molecular weight excluding hydrogens is 647 g/mol. The van der Waals surface area contributed by atoms with Crippen molar-refractivity contribution >= 4 is 63.0 Å². The van der Waals surface area contributed by atoms with Crippen LogP contribution in [0.25, 0.3) is 96.8 Å². The van der Waals surface area contributed by atoms with Gasteiger partial charge in [-0.25, -0.2) is 15.0 Å². The summed E-state index contributed by atoms with van der Waals surface area (Å²) in [6.07, 6.45) is 0. The Kier molecular flexibility index (Phi) is 5.54. The quantitative estimate of drug-likeness (QED) is 0.182. The fourth-order valence-electron chi connectivity index (χ4n) is 6.48. The number of nitrogens with zero attached hydrogens (tertiary/aromatic N) is 3. The first-order valence-electron chi connectivity index (χ1n) is 19.1. The largest absolute Gasteiger partial charge is 0.208 e. The number of rotatable bonds is 5. The molecule has 10 aromatic rings. The maximum Gasteiger partial charge on any atom is 0.165 e. The lowest BCUT2D eigenvalue weighted by atomic mass is 9.99. The molecule has 0 radical (unpaired) electrons. The minimum atomic E-state index is -0.239. The number of fused-ring (bicyclic) bond motifs is 6. The van der Waals surface area contributed by atoms with Gasteiger partial charge in [0.2, 0.25) is 0 Å². The predicted molar refractivity (Wildman–Crippen MR) is 213 cm³/mol. The van der Waals surface area contributed by atoms with E-state index in [2.05, 4.69) is 30.3 Å². The summed E-state index contributed by atoms with van der Waals surface area (Å²) in [7, 11) is 0. The van der Waals surface area contributed by atoms with E-state index in [1.807, 2.05) is 97.1 Å². The van der Waals surface area contributed by atoms with E-state index in [1.165, 1.54) is 0 Å². The van der Waals surface area contributed by atoms with Crippen LogP contribution in [0.1, 0.15) is 8.22 Å². The molecule has 0 unspecified atom stereocenters. The third-order valence-electron chi connectivity index (χ3n) is 8.89. The lowest BCUT2D eigenvalue weighted by Crippen LogP contribution is -2.00. The molecule has 0 fully saturated rings. The van der Waals surface area contributed by atoms with Crippen molar-refractivity contribution in [1.82, 2.24) is 15.0 Å². The Hall–Kier alpha value is -6.01. The third-order valence-corrected chi connectivity index (χ3v) is 11.1. The van der Waals surface area contributed by atoms with Crippen LogP contribution in [0, 0.1) is 0 Å². The average Bonchev–Trinajstić information content (AvgIpc) is 3.83. The Bertz CT molecular complexity index is 3200. The fraction of sp³-hybridized carbons (Fsp3) is 0. The smallest absolute Gasteiger partial charge is 0.165 e. The summed E-state index contributed by atoms with van der Waals surface area (Å²) in [6, 6.07) is 40.6. The van der Waals surface area contributed by atoms with Crippen LogP contribution in [0.5, 0.6) is 0 Å². The molecule has 0 bridgehead atoms. The highest BCUT2D eigenvalue weighted by Gasteiger charge is 2.18. The zero-order valence-corrected chi connectivity index (χ0v) is 27.9. The highest BCUT2D eigenvalue weighted by molar-refractivity contribution is 7.26. The normalized spacial score (nSPS) is 13.3. The summed E-state index contributed by atoms with van der Waals surface area (Å²) >= 11 is 2.78. The fourth-order valence-corrected chi connectivity index (χ4v) is 8.72. The first-order chi connectivity index (χ1) is 27.3. The van der Waals surface area contributed by atoms with E-state index in [0.717, 1.165) is 53.8 Å². The Labute approximate surface area is 305 Å². The predicted octanol–water partition coefficient (Wildman–Crippen LogP) is 12.9. The molecule has 0 aliphatic rings. The second-order valence-electron chi connectivity index (χ2n) is 11.9. The molecular formula is C45H27N3S2. The van der Waals surface area contributed by atoms with Gasteiger partial charge in [-0.05, 0) is 46.5 Å². The Morgan fingerprint density at radius 3 is 1.88 bits per heavy atom. The highest BCUT2D eigenvalue weighted by atomic mass is 32.1. The minimum Gasteiger partial charge on any atom is -0.208 e. The zero-order valence-electron chi connectivity index (χ0n) is 32.3. The van der Waals surface area contributed by atoms with Gasteiger partial charge >= 0.3 is 0 Å². The van der Waals surface area contributed by atoms with E-state index in [1.54, 1.807) is 11.3 Å². The summed E-state index contributed by atoms with van der Waals surface area (Å²) in [5.74, 6) is 0.838. The molecule has 0 aliphatic carbocycles. The van der Waals surface area contributed by atoms with Gasteiger partial charge in [0.1, 0.15) is 0 Å². The third kappa shape index (κ3) is 4.90. The first-order valence-corrected chi connectivity index (χ1v) is 17.8. The zero-order chi connectivity index (χ0) is 38.2. The van der Waals surface area contributed by atoms with Gasteiger partial charge in [0.25, 0.3) is 0 Å². The van der Waals surface area contributed by atoms with Crippen molar-refractivity contribution < 1.29 is 8.22 Å². The molecule has 0 atom stereocenters. The van der Waals surface area contributed by atoms with Gasteiger partial charge in [-0.1, -0.05) is 139 Å². The standard InChI is InChI=1S/C45H27N3S2/c1-3-11-28(12-4-1)29-21-23-31(24-22-29)43-46-44(48-45(47-43)37-18-9-17-35-34-15-7-8-19-38(34)50-42(35)37)32-25-26-36-40(27-32)49-39-20-10-16-33(41(36)39)30-13-5-2-6-14-30/h1-27H/i10D,16D,20D,25D,26D,27D. The van der Waals surface area contributed by atoms with Gasteiger partial charge in [0.15, 0.2) is 17.5 Å². The van der Waals surface area contributed by atoms with Crippen molar-refractivity contribution in [3.63, 3.8) is 0 Å². The molecule has 0 amide bonds. The molecule has 3 nitrogen and oxygen atoms in total. The van der Waals surface area contributed by atoms with E-state index in [9.17, 15) is 4.11 Å². The summed E-state index contributed by atoms with van der Waals surface area (Å²) in [4.78, 5) is 14.9. The average molecular weight is 680 g/mol. The van der Waals surface area contributed by atoms with Gasteiger partial charge in [-0.3, -0.25) is 0 Å². The Balaban J connectivity index is 1.24. The van der Waals surface area contributed by atoms with Crippen LogP contribution in [-0.2, 0) is 0 Å². The molecule has 10 rings (SSSR count). The number of hydrogen-bond acceptors (Lipinski definition) is 5. The molecule has 234 valence electrons. The number of thiophene rings is 2. The molecule has 0 saturated heterocycles. The first kappa shape index (κ1) is 23.4. The molecule has 3 heterocycles. The van der Waals surface area contributed by atoms with E-state index in [4.69, 9.17) is 19.1 Å². The van der Waals surface area contributed by atoms with Crippen LogP contribution < -0.4 is 0 Å². The van der Waals surface area contributed by atoms with E-state index in [-0.39, 0.29) is 47.6 Å². The van der Waals surface area contributed by atoms with E-state index < -0.39 is 0 Å². The molecule has 0 spiro atoms. The number of hydrogen-bond donors (Lipinski definition) is 0. The van der Waals surface area contributed by atoms with Gasteiger partial charge in [0, 0.05) is 57.0 Å². The Morgan fingerprint density at radius 2 is 1.06 bits per heavy atom. The topological polar surface area (TPSA) is 38.7 Å². The lowest BCUT2D eigenvalue weighted by molar-refractivity contribution is 1.08. The van der Waals surface area contributed by atoms with Crippen LogP contribution in [0.4, 0.5) is 0 Å². The highest BCUT2D eigenvalue weighted by Crippen LogP contribution is 2.42. The molecule has 5 heteroatoms. The van der Waals surface area contributed by atoms with E-state index in [0.29, 0.717) is 42.9 Å². The van der Waals surface area contributed by atoms with Crippen molar-refractivity contribution in [3.05, 3.63) is 164 Å². The number of aromatic nitrogens is 3. The van der Waals surface area contributed by atoms with Crippen molar-refractivity contribution in [1.29, 1.82) is 0 Å². The van der Waals surface area contributed by atoms with Crippen molar-refractivity contribution in [2.45, 2.75) is 0 Å². The monoisotopic (exact) mass is 679 g/mol. The number of benzene rings is 7. The van der Waals surface area contributed by atoms with Crippen LogP contribution in [0.3, 0.4) is 0 Å². The molecule has 7 aromatic carbocycles. The summed E-state index contributed by atoms with van der Waals surface area (Å²) in [5.41, 5.74) is 4.77. The van der Waals surface area contributed by atoms with Crippen LogP contribution in [0.2, 0.25) is 0 Å². The molecule has 50 heavy (non-hydrogen) atoms. The maximum atomic E-state index is 9.63. The van der Waals surface area contributed by atoms with Gasteiger partial charge in [-0.2, -0.15) is 0 Å². The summed E-state index contributed by atoms with van der Waals surface area (Å²) in [5, 5.41) is 2.95. The molecule has 0 N–H and O–H groups in total. The Morgan fingerprint density at radius 1 is 0.400 bits per heavy atom. The second kappa shape index (κ2) is 11.8. The van der Waals surface area contributed by atoms with Gasteiger partial charge in [0.05, 0.1) is 8.22 Å². The minimum absolute atomic E-state index is 0.0544. The van der Waals surface area contributed by atoms with E-state index >= 15 is 0 Å². The van der Waals surface area contributed by atoms with Gasteiger partial charge < -0.3 is 0 Å². The van der Waals surface area contributed by atoms with Crippen LogP contribution in [-0.4, -0.2) is 15.0 Å². The van der Waals surface area contributed by atoms with Crippen LogP contribution >= 0.6 is 22.7 Å². The molecule has 0 aliphatic heterocycles. The van der Waals surface area contributed by atoms with Gasteiger partial charge in [-0.15, -0.1) is 22.7 Å². The van der Waals surface area contributed by atoms with Crippen molar-refractivity contribution in [3.8, 4) is 56.4 Å². The lowest BCUT2D eigenvalue weighted by Gasteiger charge is -2.10. The second-order valence-corrected chi connectivity index (χ2v) is 14.0. The molecule has 0 saturated carbocycles. The van der Waals surface area contributed by atoms with Crippen LogP contribution in [0.15, 0.2) is 164 Å². The summed E-state index contributed by atoms with van der Waals surface area (Å²) in [6.45, 7) is 0. The van der Waals surface area contributed by atoms with Crippen molar-refractivity contribution in [2.24, 2.45) is 0 Å². The van der Waals surface area contributed by atoms with Crippen molar-refractivity contribution in [2.75, 3.05) is 0 Å². The SMILES string of the molecule is [2H]c1c([2H])c(-c2ccccc2)c2c(sc3c([2H])c(-c4nc(-c5ccc(-c6ccccc6)cc5)nc(-c5cccc6c5sc5ccccc56)n4)c([2H])c([2H])c32)c1[2H]. The summed E-state index contributed by atoms with van der Waals surface area (Å²) < 4.78 is 57.8. The maximum absolute atomic E-state index is 9.63.